The Morgan fingerprint density at radius 2 is 1.87 bits per heavy atom. The van der Waals surface area contributed by atoms with Crippen LogP contribution in [0.4, 0.5) is 0 Å². The van der Waals surface area contributed by atoms with Gasteiger partial charge in [0.1, 0.15) is 0 Å². The van der Waals surface area contributed by atoms with E-state index in [0.717, 1.165) is 65.1 Å². The molecule has 0 N–H and O–H groups in total. The Labute approximate surface area is 191 Å². The van der Waals surface area contributed by atoms with E-state index in [-0.39, 0.29) is 11.8 Å². The number of aromatic nitrogens is 2. The van der Waals surface area contributed by atoms with Gasteiger partial charge in [0.15, 0.2) is 4.96 Å². The van der Waals surface area contributed by atoms with Gasteiger partial charge in [0.25, 0.3) is 0 Å². The summed E-state index contributed by atoms with van der Waals surface area (Å²) in [5, 5.41) is 2.86. The van der Waals surface area contributed by atoms with Crippen LogP contribution in [0.1, 0.15) is 19.0 Å². The largest absolute Gasteiger partial charge is 0.336 e. The van der Waals surface area contributed by atoms with Crippen molar-refractivity contribution in [3.63, 3.8) is 0 Å². The average molecular weight is 453 g/mol. The number of halogens is 1. The molecule has 2 aromatic heterocycles. The zero-order chi connectivity index (χ0) is 21.5. The number of rotatable bonds is 3. The molecule has 2 aliphatic rings. The lowest BCUT2D eigenvalue weighted by Gasteiger charge is -2.34. The van der Waals surface area contributed by atoms with Crippen molar-refractivity contribution < 1.29 is 4.79 Å². The number of hydrogen-bond acceptors (Lipinski definition) is 4. The SMILES string of the molecule is CC1CC(c2cn3c(-c4ccc(Cl)cc4)csc3n2)=CC=C1C(=O)N1CCN(C)CC1. The fraction of sp³-hybridized carbons (Fsp3) is 0.333. The lowest BCUT2D eigenvalue weighted by molar-refractivity contribution is -0.129. The molecule has 1 aliphatic carbocycles. The summed E-state index contributed by atoms with van der Waals surface area (Å²) in [5.74, 6) is 0.370. The molecule has 0 radical (unpaired) electrons. The van der Waals surface area contributed by atoms with Crippen LogP contribution < -0.4 is 0 Å². The van der Waals surface area contributed by atoms with Crippen molar-refractivity contribution in [3.8, 4) is 11.3 Å². The van der Waals surface area contributed by atoms with E-state index in [2.05, 4.69) is 40.9 Å². The number of likely N-dealkylation sites (N-methyl/N-ethyl adjacent to an activating group) is 1. The summed E-state index contributed by atoms with van der Waals surface area (Å²) >= 11 is 7.68. The third-order valence-electron chi connectivity index (χ3n) is 6.24. The highest BCUT2D eigenvalue weighted by Gasteiger charge is 2.28. The second-order valence-electron chi connectivity index (χ2n) is 8.42. The van der Waals surface area contributed by atoms with E-state index in [1.54, 1.807) is 11.3 Å². The number of allylic oxidation sites excluding steroid dienone is 3. The Morgan fingerprint density at radius 3 is 2.58 bits per heavy atom. The molecule has 1 unspecified atom stereocenters. The van der Waals surface area contributed by atoms with Crippen molar-refractivity contribution in [1.82, 2.24) is 19.2 Å². The molecule has 160 valence electrons. The zero-order valence-electron chi connectivity index (χ0n) is 17.7. The predicted octanol–water partition coefficient (Wildman–Crippen LogP) is 4.84. The number of nitrogens with zero attached hydrogens (tertiary/aromatic N) is 4. The summed E-state index contributed by atoms with van der Waals surface area (Å²) in [7, 11) is 2.10. The first-order valence-electron chi connectivity index (χ1n) is 10.6. The highest BCUT2D eigenvalue weighted by molar-refractivity contribution is 7.15. The van der Waals surface area contributed by atoms with Crippen LogP contribution >= 0.6 is 22.9 Å². The predicted molar refractivity (Wildman–Crippen MR) is 127 cm³/mol. The molecule has 3 aromatic rings. The maximum Gasteiger partial charge on any atom is 0.250 e. The van der Waals surface area contributed by atoms with Gasteiger partial charge in [0, 0.05) is 48.4 Å². The van der Waals surface area contributed by atoms with Gasteiger partial charge < -0.3 is 9.80 Å². The summed E-state index contributed by atoms with van der Waals surface area (Å²) in [6, 6.07) is 7.88. The number of carbonyl (C=O) groups is 1. The number of fused-ring (bicyclic) bond motifs is 1. The van der Waals surface area contributed by atoms with Crippen LogP contribution in [-0.2, 0) is 4.79 Å². The summed E-state index contributed by atoms with van der Waals surface area (Å²) in [6.07, 6.45) is 7.03. The molecule has 1 amide bonds. The van der Waals surface area contributed by atoms with Crippen LogP contribution in [0.3, 0.4) is 0 Å². The second kappa shape index (κ2) is 8.26. The van der Waals surface area contributed by atoms with Crippen LogP contribution in [-0.4, -0.2) is 58.3 Å². The molecule has 0 spiro atoms. The van der Waals surface area contributed by atoms with Gasteiger partial charge in [-0.3, -0.25) is 9.20 Å². The lowest BCUT2D eigenvalue weighted by atomic mass is 9.86. The van der Waals surface area contributed by atoms with Crippen LogP contribution in [0.15, 0.2) is 53.6 Å². The van der Waals surface area contributed by atoms with Gasteiger partial charge in [0.05, 0.1) is 11.4 Å². The maximum absolute atomic E-state index is 13.0. The van der Waals surface area contributed by atoms with Gasteiger partial charge in [0.2, 0.25) is 5.91 Å². The monoisotopic (exact) mass is 452 g/mol. The molecule has 3 heterocycles. The van der Waals surface area contributed by atoms with Crippen molar-refractivity contribution in [3.05, 3.63) is 64.3 Å². The summed E-state index contributed by atoms with van der Waals surface area (Å²) < 4.78 is 2.14. The molecule has 0 saturated carbocycles. The molecule has 0 bridgehead atoms. The topological polar surface area (TPSA) is 40.9 Å². The minimum atomic E-state index is 0.183. The minimum Gasteiger partial charge on any atom is -0.336 e. The van der Waals surface area contributed by atoms with Crippen molar-refractivity contribution in [2.75, 3.05) is 33.2 Å². The molecule has 1 atom stereocenters. The van der Waals surface area contributed by atoms with Gasteiger partial charge in [-0.25, -0.2) is 4.98 Å². The number of carbonyl (C=O) groups excluding carboxylic acids is 1. The molecule has 7 heteroatoms. The molecule has 5 rings (SSSR count). The lowest BCUT2D eigenvalue weighted by Crippen LogP contribution is -2.48. The first-order valence-corrected chi connectivity index (χ1v) is 11.9. The molecule has 1 aliphatic heterocycles. The van der Waals surface area contributed by atoms with E-state index in [9.17, 15) is 4.79 Å². The number of amides is 1. The number of benzene rings is 1. The molecular formula is C24H25ClN4OS. The molecule has 5 nitrogen and oxygen atoms in total. The van der Waals surface area contributed by atoms with Gasteiger partial charge in [-0.2, -0.15) is 0 Å². The summed E-state index contributed by atoms with van der Waals surface area (Å²) in [5.41, 5.74) is 5.31. The third kappa shape index (κ3) is 3.95. The smallest absolute Gasteiger partial charge is 0.250 e. The minimum absolute atomic E-state index is 0.183. The van der Waals surface area contributed by atoms with E-state index in [1.165, 1.54) is 5.57 Å². The van der Waals surface area contributed by atoms with E-state index in [1.807, 2.05) is 35.2 Å². The summed E-state index contributed by atoms with van der Waals surface area (Å²) in [4.78, 5) is 23.1. The van der Waals surface area contributed by atoms with Gasteiger partial charge in [-0.05, 0) is 42.7 Å². The molecule has 1 saturated heterocycles. The van der Waals surface area contributed by atoms with Crippen LogP contribution in [0.2, 0.25) is 5.02 Å². The second-order valence-corrected chi connectivity index (χ2v) is 9.69. The number of piperazine rings is 1. The van der Waals surface area contributed by atoms with Crippen LogP contribution in [0.25, 0.3) is 21.8 Å². The first-order chi connectivity index (χ1) is 15.0. The van der Waals surface area contributed by atoms with Gasteiger partial charge in [-0.15, -0.1) is 11.3 Å². The fourth-order valence-corrected chi connectivity index (χ4v) is 5.30. The normalized spacial score (nSPS) is 20.1. The Hall–Kier alpha value is -2.41. The summed E-state index contributed by atoms with van der Waals surface area (Å²) in [6.45, 7) is 5.64. The third-order valence-corrected chi connectivity index (χ3v) is 7.33. The van der Waals surface area contributed by atoms with E-state index < -0.39 is 0 Å². The van der Waals surface area contributed by atoms with Gasteiger partial charge in [-0.1, -0.05) is 42.8 Å². The standard InChI is InChI=1S/C24H25ClN4OS/c1-16-13-18(5-8-20(16)23(30)28-11-9-27(2)10-12-28)21-14-29-22(15-31-24(29)26-21)17-3-6-19(25)7-4-17/h3-8,14-16H,9-13H2,1-2H3. The molecule has 1 fully saturated rings. The van der Waals surface area contributed by atoms with Crippen molar-refractivity contribution in [2.24, 2.45) is 5.92 Å². The fourth-order valence-electron chi connectivity index (χ4n) is 4.29. The molecule has 1 aromatic carbocycles. The molecular weight excluding hydrogens is 428 g/mol. The van der Waals surface area contributed by atoms with Crippen molar-refractivity contribution in [2.45, 2.75) is 13.3 Å². The number of hydrogen-bond donors (Lipinski definition) is 0. The zero-order valence-corrected chi connectivity index (χ0v) is 19.3. The average Bonchev–Trinajstić information content (AvgIpc) is 3.35. The Kier molecular flexibility index (Phi) is 5.46. The first kappa shape index (κ1) is 20.5. The maximum atomic E-state index is 13.0. The Morgan fingerprint density at radius 1 is 1.13 bits per heavy atom. The van der Waals surface area contributed by atoms with Crippen LogP contribution in [0.5, 0.6) is 0 Å². The Bertz CT molecular complexity index is 1180. The van der Waals surface area contributed by atoms with Crippen LogP contribution in [0, 0.1) is 5.92 Å². The highest BCUT2D eigenvalue weighted by Crippen LogP contribution is 2.34. The van der Waals surface area contributed by atoms with Gasteiger partial charge >= 0.3 is 0 Å². The number of imidazole rings is 1. The Balaban J connectivity index is 1.40. The van der Waals surface area contributed by atoms with Crippen molar-refractivity contribution >= 4 is 39.4 Å². The quantitative estimate of drug-likeness (QED) is 0.571. The van der Waals surface area contributed by atoms with Crippen molar-refractivity contribution in [1.29, 1.82) is 0 Å². The highest BCUT2D eigenvalue weighted by atomic mass is 35.5. The van der Waals surface area contributed by atoms with E-state index in [4.69, 9.17) is 16.6 Å². The van der Waals surface area contributed by atoms with E-state index in [0.29, 0.717) is 0 Å². The van der Waals surface area contributed by atoms with E-state index >= 15 is 0 Å². The molecule has 31 heavy (non-hydrogen) atoms. The number of thiazole rings is 1.